The molecule has 1 aromatic carbocycles. The molecule has 1 aromatic heterocycles. The number of halogens is 2. The fourth-order valence-electron chi connectivity index (χ4n) is 2.33. The first kappa shape index (κ1) is 14.1. The summed E-state index contributed by atoms with van der Waals surface area (Å²) < 4.78 is 7.00. The van der Waals surface area contributed by atoms with E-state index >= 15 is 0 Å². The van der Waals surface area contributed by atoms with Crippen molar-refractivity contribution in [2.24, 2.45) is 5.41 Å². The van der Waals surface area contributed by atoms with Gasteiger partial charge in [-0.05, 0) is 54.6 Å². The van der Waals surface area contributed by atoms with E-state index in [1.165, 1.54) is 0 Å². The van der Waals surface area contributed by atoms with Gasteiger partial charge in [0.2, 0.25) is 0 Å². The molecule has 104 valence electrons. The Kier molecular flexibility index (Phi) is 3.41. The zero-order valence-electron chi connectivity index (χ0n) is 11.1. The van der Waals surface area contributed by atoms with Crippen LogP contribution in [0.1, 0.15) is 20.3 Å². The second kappa shape index (κ2) is 4.84. The molecule has 3 rings (SSSR count). The lowest BCUT2D eigenvalue weighted by molar-refractivity contribution is -0.147. The SMILES string of the molecule is CC1(C)C(=O)CC1Oc1c(I)cc(Cl)c2cccnc12. The smallest absolute Gasteiger partial charge is 0.159 e. The predicted molar refractivity (Wildman–Crippen MR) is 87.3 cm³/mol. The summed E-state index contributed by atoms with van der Waals surface area (Å²) >= 11 is 8.43. The summed E-state index contributed by atoms with van der Waals surface area (Å²) in [7, 11) is 0. The molecule has 1 heterocycles. The van der Waals surface area contributed by atoms with Crippen LogP contribution in [0.4, 0.5) is 0 Å². The fourth-order valence-corrected chi connectivity index (χ4v) is 3.46. The van der Waals surface area contributed by atoms with Crippen molar-refractivity contribution in [3.05, 3.63) is 33.0 Å². The maximum absolute atomic E-state index is 11.6. The van der Waals surface area contributed by atoms with Crippen molar-refractivity contribution in [1.29, 1.82) is 0 Å². The summed E-state index contributed by atoms with van der Waals surface area (Å²) in [5.74, 6) is 0.958. The van der Waals surface area contributed by atoms with Gasteiger partial charge >= 0.3 is 0 Å². The highest BCUT2D eigenvalue weighted by Crippen LogP contribution is 2.42. The van der Waals surface area contributed by atoms with E-state index in [-0.39, 0.29) is 11.9 Å². The number of carbonyl (C=O) groups is 1. The molecule has 0 radical (unpaired) electrons. The molecule has 1 atom stereocenters. The molecule has 1 aliphatic rings. The molecular formula is C15H13ClINO2. The summed E-state index contributed by atoms with van der Waals surface area (Å²) in [5.41, 5.74) is 0.323. The lowest BCUT2D eigenvalue weighted by Gasteiger charge is -2.42. The average molecular weight is 402 g/mol. The largest absolute Gasteiger partial charge is 0.486 e. The third-order valence-electron chi connectivity index (χ3n) is 3.90. The minimum absolute atomic E-state index is 0.102. The number of nitrogens with zero attached hydrogens (tertiary/aromatic N) is 1. The fraction of sp³-hybridized carbons (Fsp3) is 0.333. The van der Waals surface area contributed by atoms with Crippen LogP contribution in [0.2, 0.25) is 5.02 Å². The Balaban J connectivity index is 2.06. The first-order valence-corrected chi connectivity index (χ1v) is 7.79. The van der Waals surface area contributed by atoms with Crippen molar-refractivity contribution < 1.29 is 9.53 Å². The van der Waals surface area contributed by atoms with E-state index in [0.29, 0.717) is 11.4 Å². The molecule has 1 unspecified atom stereocenters. The van der Waals surface area contributed by atoms with E-state index in [1.807, 2.05) is 32.0 Å². The highest BCUT2D eigenvalue weighted by Gasteiger charge is 2.49. The first-order chi connectivity index (χ1) is 9.41. The van der Waals surface area contributed by atoms with Gasteiger partial charge in [0.25, 0.3) is 0 Å². The molecule has 0 amide bonds. The molecule has 0 aliphatic heterocycles. The van der Waals surface area contributed by atoms with Gasteiger partial charge in [-0.3, -0.25) is 9.78 Å². The van der Waals surface area contributed by atoms with Gasteiger partial charge in [-0.2, -0.15) is 0 Å². The zero-order chi connectivity index (χ0) is 14.5. The third kappa shape index (κ3) is 2.09. The molecule has 0 bridgehead atoms. The number of pyridine rings is 1. The first-order valence-electron chi connectivity index (χ1n) is 6.34. The van der Waals surface area contributed by atoms with E-state index in [2.05, 4.69) is 27.6 Å². The van der Waals surface area contributed by atoms with Gasteiger partial charge in [0.15, 0.2) is 5.75 Å². The van der Waals surface area contributed by atoms with Crippen molar-refractivity contribution in [3.63, 3.8) is 0 Å². The Morgan fingerprint density at radius 1 is 1.50 bits per heavy atom. The Morgan fingerprint density at radius 2 is 2.25 bits per heavy atom. The highest BCUT2D eigenvalue weighted by molar-refractivity contribution is 14.1. The minimum atomic E-state index is -0.427. The van der Waals surface area contributed by atoms with Crippen LogP contribution >= 0.6 is 34.2 Å². The number of hydrogen-bond donors (Lipinski definition) is 0. The summed E-state index contributed by atoms with van der Waals surface area (Å²) in [4.78, 5) is 16.0. The molecule has 1 saturated carbocycles. The lowest BCUT2D eigenvalue weighted by atomic mass is 9.68. The number of carbonyl (C=O) groups excluding carboxylic acids is 1. The molecule has 0 saturated heterocycles. The zero-order valence-corrected chi connectivity index (χ0v) is 14.0. The standard InChI is InChI=1S/C15H13ClINO2/c1-15(2)11(19)7-12(15)20-14-10(17)6-9(16)8-4-3-5-18-13(8)14/h3-6,12H,7H2,1-2H3. The number of benzene rings is 1. The molecule has 2 aromatic rings. The number of hydrogen-bond acceptors (Lipinski definition) is 3. The van der Waals surface area contributed by atoms with Crippen LogP contribution in [0.3, 0.4) is 0 Å². The van der Waals surface area contributed by atoms with Crippen molar-refractivity contribution in [1.82, 2.24) is 4.98 Å². The van der Waals surface area contributed by atoms with Crippen LogP contribution in [0.5, 0.6) is 5.75 Å². The van der Waals surface area contributed by atoms with Gasteiger partial charge in [-0.15, -0.1) is 0 Å². The molecule has 1 fully saturated rings. The number of rotatable bonds is 2. The minimum Gasteiger partial charge on any atom is -0.486 e. The van der Waals surface area contributed by atoms with Crippen LogP contribution in [-0.4, -0.2) is 16.9 Å². The van der Waals surface area contributed by atoms with Crippen LogP contribution in [0, 0.1) is 8.99 Å². The lowest BCUT2D eigenvalue weighted by Crippen LogP contribution is -2.53. The van der Waals surface area contributed by atoms with Gasteiger partial charge in [0.05, 0.1) is 14.0 Å². The predicted octanol–water partition coefficient (Wildman–Crippen LogP) is 4.24. The van der Waals surface area contributed by atoms with Gasteiger partial charge in [0, 0.05) is 18.0 Å². The second-order valence-corrected chi connectivity index (χ2v) is 7.09. The maximum Gasteiger partial charge on any atom is 0.159 e. The van der Waals surface area contributed by atoms with Crippen molar-refractivity contribution in [2.45, 2.75) is 26.4 Å². The van der Waals surface area contributed by atoms with Crippen molar-refractivity contribution in [3.8, 4) is 5.75 Å². The Morgan fingerprint density at radius 3 is 2.90 bits per heavy atom. The normalized spacial score (nSPS) is 20.8. The van der Waals surface area contributed by atoms with Crippen LogP contribution < -0.4 is 4.74 Å². The van der Waals surface area contributed by atoms with Gasteiger partial charge < -0.3 is 4.74 Å². The number of ketones is 1. The monoisotopic (exact) mass is 401 g/mol. The Labute approximate surface area is 135 Å². The Bertz CT molecular complexity index is 714. The topological polar surface area (TPSA) is 39.2 Å². The van der Waals surface area contributed by atoms with E-state index in [1.54, 1.807) is 6.20 Å². The van der Waals surface area contributed by atoms with E-state index in [4.69, 9.17) is 16.3 Å². The second-order valence-electron chi connectivity index (χ2n) is 5.52. The van der Waals surface area contributed by atoms with Crippen molar-refractivity contribution in [2.75, 3.05) is 0 Å². The summed E-state index contributed by atoms with van der Waals surface area (Å²) in [6.07, 6.45) is 2.08. The van der Waals surface area contributed by atoms with E-state index in [9.17, 15) is 4.79 Å². The van der Waals surface area contributed by atoms with Gasteiger partial charge in [0.1, 0.15) is 17.4 Å². The number of aromatic nitrogens is 1. The maximum atomic E-state index is 11.6. The van der Waals surface area contributed by atoms with E-state index < -0.39 is 5.41 Å². The number of fused-ring (bicyclic) bond motifs is 1. The van der Waals surface area contributed by atoms with Crippen LogP contribution in [0.15, 0.2) is 24.4 Å². The molecule has 0 spiro atoms. The number of Topliss-reactive ketones (excluding diaryl/α,β-unsaturated/α-hetero) is 1. The molecule has 5 heteroatoms. The summed E-state index contributed by atoms with van der Waals surface area (Å²) in [5, 5.41) is 1.53. The molecule has 20 heavy (non-hydrogen) atoms. The summed E-state index contributed by atoms with van der Waals surface area (Å²) in [6, 6.07) is 5.64. The molecule has 0 N–H and O–H groups in total. The third-order valence-corrected chi connectivity index (χ3v) is 5.02. The van der Waals surface area contributed by atoms with E-state index in [0.717, 1.165) is 20.2 Å². The van der Waals surface area contributed by atoms with Crippen molar-refractivity contribution >= 4 is 50.9 Å². The number of ether oxygens (including phenoxy) is 1. The quantitative estimate of drug-likeness (QED) is 0.707. The molecule has 3 nitrogen and oxygen atoms in total. The van der Waals surface area contributed by atoms with Crippen LogP contribution in [0.25, 0.3) is 10.9 Å². The van der Waals surface area contributed by atoms with Crippen LogP contribution in [-0.2, 0) is 4.79 Å². The van der Waals surface area contributed by atoms with Gasteiger partial charge in [-0.1, -0.05) is 11.6 Å². The molecular weight excluding hydrogens is 389 g/mol. The average Bonchev–Trinajstić information content (AvgIpc) is 2.42. The van der Waals surface area contributed by atoms with Gasteiger partial charge in [-0.25, -0.2) is 0 Å². The highest BCUT2D eigenvalue weighted by atomic mass is 127. The summed E-state index contributed by atoms with van der Waals surface area (Å²) in [6.45, 7) is 3.84. The molecule has 1 aliphatic carbocycles. The Hall–Kier alpha value is -0.880.